The monoisotopic (exact) mass is 850 g/mol. The molecule has 4 nitrogen and oxygen atoms in total. The molecule has 0 radical (unpaired) electrons. The smallest absolute Gasteiger partial charge is 0.0644 e. The topological polar surface area (TPSA) is 30.9 Å². The van der Waals surface area contributed by atoms with Crippen molar-refractivity contribution in [3.63, 3.8) is 0 Å². The van der Waals surface area contributed by atoms with Crippen molar-refractivity contribution in [2.45, 2.75) is 233 Å². The summed E-state index contributed by atoms with van der Waals surface area (Å²) in [5, 5.41) is 0. The van der Waals surface area contributed by atoms with Gasteiger partial charge in [0.1, 0.15) is 0 Å². The maximum Gasteiger partial charge on any atom is 0.0644 e. The molecule has 0 N–H and O–H groups in total. The zero-order chi connectivity index (χ0) is 43.8. The molecule has 0 bridgehead atoms. The minimum Gasteiger partial charge on any atom is -0.380 e. The minimum absolute atomic E-state index is 0.335. The highest BCUT2D eigenvalue weighted by molar-refractivity contribution is 5.25. The molecule has 4 rings (SSSR count). The van der Waals surface area contributed by atoms with Gasteiger partial charge in [0.2, 0.25) is 0 Å². The number of ether oxygens (including phenoxy) is 3. The van der Waals surface area contributed by atoms with E-state index < -0.39 is 0 Å². The molecule has 0 amide bonds. The summed E-state index contributed by atoms with van der Waals surface area (Å²) in [4.78, 5) is 2.26. The molecule has 0 aromatic heterocycles. The van der Waals surface area contributed by atoms with Crippen LogP contribution in [-0.2, 0) is 14.2 Å². The van der Waals surface area contributed by atoms with Crippen molar-refractivity contribution in [3.8, 4) is 0 Å². The number of hydrogen-bond acceptors (Lipinski definition) is 4. The van der Waals surface area contributed by atoms with Crippen molar-refractivity contribution >= 4 is 0 Å². The Kier molecular flexibility index (Phi) is 25.5. The fourth-order valence-corrected chi connectivity index (χ4v) is 12.9. The molecule has 0 heterocycles. The van der Waals surface area contributed by atoms with E-state index >= 15 is 0 Å². The third-order valence-electron chi connectivity index (χ3n) is 16.9. The highest BCUT2D eigenvalue weighted by Gasteiger charge is 2.59. The Morgan fingerprint density at radius 2 is 1.30 bits per heavy atom. The van der Waals surface area contributed by atoms with Gasteiger partial charge >= 0.3 is 0 Å². The first kappa shape index (κ1) is 52.7. The first-order valence-corrected chi connectivity index (χ1v) is 27.0. The van der Waals surface area contributed by atoms with Gasteiger partial charge in [-0.05, 0) is 163 Å². The molecule has 61 heavy (non-hydrogen) atoms. The number of nitrogens with zero attached hydrogens (tertiary/aromatic N) is 1. The molecule has 3 fully saturated rings. The Balaban J connectivity index is 0.968. The van der Waals surface area contributed by atoms with Gasteiger partial charge in [-0.15, -0.1) is 0 Å². The van der Waals surface area contributed by atoms with Crippen molar-refractivity contribution in [1.29, 1.82) is 0 Å². The molecular weight excluding hydrogens is 747 g/mol. The largest absolute Gasteiger partial charge is 0.380 e. The van der Waals surface area contributed by atoms with E-state index in [1.54, 1.807) is 5.57 Å². The second kappa shape index (κ2) is 29.6. The first-order chi connectivity index (χ1) is 29.6. The molecule has 9 atom stereocenters. The van der Waals surface area contributed by atoms with Crippen molar-refractivity contribution in [2.75, 3.05) is 47.1 Å². The van der Waals surface area contributed by atoms with Crippen LogP contribution in [0.5, 0.6) is 0 Å². The van der Waals surface area contributed by atoms with E-state index in [2.05, 4.69) is 90.9 Å². The first-order valence-electron chi connectivity index (χ1n) is 27.0. The average Bonchev–Trinajstić information content (AvgIpc) is 3.60. The van der Waals surface area contributed by atoms with Gasteiger partial charge in [0.05, 0.1) is 25.4 Å². The van der Waals surface area contributed by atoms with E-state index in [1.165, 1.54) is 167 Å². The Bertz CT molecular complexity index is 1220. The second-order valence-electron chi connectivity index (χ2n) is 22.1. The van der Waals surface area contributed by atoms with Crippen LogP contribution in [0.2, 0.25) is 0 Å². The lowest BCUT2D eigenvalue weighted by atomic mass is 9.47. The van der Waals surface area contributed by atoms with Gasteiger partial charge in [-0.1, -0.05) is 155 Å². The number of allylic oxidation sites excluding steroid dienone is 5. The van der Waals surface area contributed by atoms with Gasteiger partial charge in [-0.2, -0.15) is 0 Å². The maximum absolute atomic E-state index is 6.59. The highest BCUT2D eigenvalue weighted by Crippen LogP contribution is 2.67. The van der Waals surface area contributed by atoms with Gasteiger partial charge in [0.25, 0.3) is 0 Å². The Morgan fingerprint density at radius 1 is 0.672 bits per heavy atom. The molecule has 0 unspecified atom stereocenters. The third kappa shape index (κ3) is 17.8. The zero-order valence-corrected chi connectivity index (χ0v) is 42.0. The lowest BCUT2D eigenvalue weighted by molar-refractivity contribution is -0.0641. The lowest BCUT2D eigenvalue weighted by Crippen LogP contribution is -2.51. The molecule has 4 aliphatic carbocycles. The fraction of sp³-hybridized carbons (Fsp3) is 0.895. The van der Waals surface area contributed by atoms with E-state index in [-0.39, 0.29) is 0 Å². The van der Waals surface area contributed by atoms with Crippen LogP contribution in [-0.4, -0.2) is 64.2 Å². The van der Waals surface area contributed by atoms with Crippen molar-refractivity contribution in [1.82, 2.24) is 4.90 Å². The molecule has 0 spiro atoms. The van der Waals surface area contributed by atoms with Gasteiger partial charge in [-0.25, -0.2) is 0 Å². The van der Waals surface area contributed by atoms with Crippen LogP contribution in [0.4, 0.5) is 0 Å². The Hall–Kier alpha value is -0.940. The van der Waals surface area contributed by atoms with Crippen molar-refractivity contribution < 1.29 is 14.2 Å². The van der Waals surface area contributed by atoms with Crippen molar-refractivity contribution in [2.24, 2.45) is 46.3 Å². The number of fused-ring (bicyclic) bond motifs is 5. The molecule has 354 valence electrons. The standard InChI is InChI=1S/C57H103NO3/c1-9-10-11-12-13-14-15-16-17-18-19-20-21-22-24-27-41-59-45-50(58(7)8)46-60-42-28-25-23-26-29-43-61-51-37-39-56(5)49(44-51)33-34-52-54-36-35-53(48(4)32-30-31-47(2)3)57(54,6)40-38-55(52)56/h13-14,16-17,33,47-48,50-55H,9-12,15,18-32,34-46H2,1-8H3/b14-13-,17-16-/t48-,50-,51+,52+,53-,54+,55+,56+,57-/m1/s1. The second-order valence-corrected chi connectivity index (χ2v) is 22.1. The summed E-state index contributed by atoms with van der Waals surface area (Å²) in [7, 11) is 4.30. The highest BCUT2D eigenvalue weighted by atomic mass is 16.5. The normalized spacial score (nSPS) is 28.8. The summed E-state index contributed by atoms with van der Waals surface area (Å²) in [6.07, 6.45) is 49.5. The SMILES string of the molecule is CCCCC/C=C\C/C=C\CCCCCCCCOC[C@H](COCCCCCCCO[C@H]1CC[C@@]2(C)C(=CC[C@H]3[C@@H]4CC[C@H]([C@H](C)CCCC(C)C)[C@@]4(C)CC[C@@H]32)C1)N(C)C. The van der Waals surface area contributed by atoms with Crippen LogP contribution in [0, 0.1) is 46.3 Å². The number of likely N-dealkylation sites (N-methyl/N-ethyl adjacent to an activating group) is 1. The predicted molar refractivity (Wildman–Crippen MR) is 264 cm³/mol. The number of hydrogen-bond donors (Lipinski definition) is 0. The summed E-state index contributed by atoms with van der Waals surface area (Å²) in [6, 6.07) is 0.335. The van der Waals surface area contributed by atoms with E-state index in [0.717, 1.165) is 81.4 Å². The van der Waals surface area contributed by atoms with Gasteiger partial charge in [0, 0.05) is 19.8 Å². The van der Waals surface area contributed by atoms with E-state index in [1.807, 2.05) is 0 Å². The zero-order valence-electron chi connectivity index (χ0n) is 42.0. The number of rotatable bonds is 34. The maximum atomic E-state index is 6.59. The molecule has 4 aliphatic rings. The van der Waals surface area contributed by atoms with Crippen LogP contribution >= 0.6 is 0 Å². The third-order valence-corrected chi connectivity index (χ3v) is 16.9. The van der Waals surface area contributed by atoms with Gasteiger partial charge in [0.15, 0.2) is 0 Å². The lowest BCUT2D eigenvalue weighted by Gasteiger charge is -2.58. The molecule has 0 aromatic rings. The summed E-state index contributed by atoms with van der Waals surface area (Å²) < 4.78 is 18.8. The summed E-state index contributed by atoms with van der Waals surface area (Å²) in [5.41, 5.74) is 2.79. The summed E-state index contributed by atoms with van der Waals surface area (Å²) in [6.45, 7) is 19.3. The number of unbranched alkanes of at least 4 members (excludes halogenated alkanes) is 13. The van der Waals surface area contributed by atoms with E-state index in [4.69, 9.17) is 14.2 Å². The molecule has 0 saturated heterocycles. The minimum atomic E-state index is 0.335. The van der Waals surface area contributed by atoms with Crippen LogP contribution in [0.25, 0.3) is 0 Å². The fourth-order valence-electron chi connectivity index (χ4n) is 12.9. The molecular formula is C57H103NO3. The van der Waals surface area contributed by atoms with Crippen molar-refractivity contribution in [3.05, 3.63) is 36.0 Å². The van der Waals surface area contributed by atoms with Crippen LogP contribution in [0.3, 0.4) is 0 Å². The average molecular weight is 850 g/mol. The summed E-state index contributed by atoms with van der Waals surface area (Å²) in [5.74, 6) is 5.48. The van der Waals surface area contributed by atoms with Crippen LogP contribution < -0.4 is 0 Å². The predicted octanol–water partition coefficient (Wildman–Crippen LogP) is 16.1. The van der Waals surface area contributed by atoms with Crippen LogP contribution in [0.15, 0.2) is 36.0 Å². The van der Waals surface area contributed by atoms with E-state index in [0.29, 0.717) is 23.0 Å². The Morgan fingerprint density at radius 3 is 1.93 bits per heavy atom. The molecule has 0 aromatic carbocycles. The van der Waals surface area contributed by atoms with Crippen LogP contribution in [0.1, 0.15) is 221 Å². The van der Waals surface area contributed by atoms with E-state index in [9.17, 15) is 0 Å². The van der Waals surface area contributed by atoms with Gasteiger partial charge in [-0.3, -0.25) is 0 Å². The van der Waals surface area contributed by atoms with Gasteiger partial charge < -0.3 is 19.1 Å². The molecule has 3 saturated carbocycles. The quantitative estimate of drug-likeness (QED) is 0.0477. The Labute approximate surface area is 380 Å². The molecule has 4 heteroatoms. The molecule has 0 aliphatic heterocycles. The summed E-state index contributed by atoms with van der Waals surface area (Å²) >= 11 is 0.